The number of benzene rings is 2. The molecule has 3 heterocycles. The number of para-hydroxylation sites is 1. The van der Waals surface area contributed by atoms with Crippen molar-refractivity contribution in [2.24, 2.45) is 0 Å². The molecule has 6 nitrogen and oxygen atoms in total. The van der Waals surface area contributed by atoms with E-state index in [1.165, 1.54) is 0 Å². The molecule has 0 saturated carbocycles. The predicted octanol–water partition coefficient (Wildman–Crippen LogP) is 3.66. The molecule has 6 heteroatoms. The smallest absolute Gasteiger partial charge is 0.276 e. The third-order valence-electron chi connectivity index (χ3n) is 6.21. The molecule has 5 rings (SSSR count). The number of hydrogen-bond acceptors (Lipinski definition) is 4. The van der Waals surface area contributed by atoms with Crippen molar-refractivity contribution in [3.63, 3.8) is 0 Å². The van der Waals surface area contributed by atoms with Crippen LogP contribution in [0.5, 0.6) is 0 Å². The van der Waals surface area contributed by atoms with Crippen LogP contribution in [0.3, 0.4) is 0 Å². The van der Waals surface area contributed by atoms with Crippen LogP contribution in [0.25, 0.3) is 0 Å². The van der Waals surface area contributed by atoms with Crippen molar-refractivity contribution in [3.8, 4) is 0 Å². The molecule has 0 aliphatic carbocycles. The third kappa shape index (κ3) is 2.66. The Labute approximate surface area is 170 Å². The largest absolute Gasteiger partial charge is 0.376 e. The first-order valence-electron chi connectivity index (χ1n) is 10.3. The van der Waals surface area contributed by atoms with E-state index in [1.54, 1.807) is 11.0 Å². The summed E-state index contributed by atoms with van der Waals surface area (Å²) in [5.41, 5.74) is 2.67. The monoisotopic (exact) mass is 391 g/mol. The molecule has 3 aliphatic rings. The van der Waals surface area contributed by atoms with Crippen LogP contribution in [-0.2, 0) is 15.2 Å². The molecule has 2 aromatic carbocycles. The van der Waals surface area contributed by atoms with Crippen molar-refractivity contribution in [1.82, 2.24) is 4.90 Å². The first kappa shape index (κ1) is 18.2. The van der Waals surface area contributed by atoms with Crippen LogP contribution >= 0.6 is 0 Å². The summed E-state index contributed by atoms with van der Waals surface area (Å²) < 4.78 is 5.83. The summed E-state index contributed by atoms with van der Waals surface area (Å²) in [5, 5.41) is 6.43. The second kappa shape index (κ2) is 6.59. The molecule has 1 saturated heterocycles. The summed E-state index contributed by atoms with van der Waals surface area (Å²) >= 11 is 0. The van der Waals surface area contributed by atoms with Gasteiger partial charge in [-0.25, -0.2) is 0 Å². The maximum absolute atomic E-state index is 13.6. The number of nitrogens with zero attached hydrogens (tertiary/aromatic N) is 1. The van der Waals surface area contributed by atoms with Crippen molar-refractivity contribution in [1.29, 1.82) is 0 Å². The van der Waals surface area contributed by atoms with Gasteiger partial charge in [-0.3, -0.25) is 9.59 Å². The molecule has 0 radical (unpaired) electrons. The molecule has 2 unspecified atom stereocenters. The number of hydrogen-bond donors (Lipinski definition) is 2. The second-order valence-electron chi connectivity index (χ2n) is 8.35. The van der Waals surface area contributed by atoms with Gasteiger partial charge in [-0.15, -0.1) is 0 Å². The van der Waals surface area contributed by atoms with E-state index >= 15 is 0 Å². The molecule has 2 atom stereocenters. The van der Waals surface area contributed by atoms with Crippen molar-refractivity contribution >= 4 is 23.2 Å². The lowest BCUT2D eigenvalue weighted by molar-refractivity contribution is -0.125. The van der Waals surface area contributed by atoms with Gasteiger partial charge < -0.3 is 20.3 Å². The lowest BCUT2D eigenvalue weighted by atomic mass is 9.89. The number of anilines is 2. The Morgan fingerprint density at radius 2 is 2.00 bits per heavy atom. The first-order chi connectivity index (χ1) is 14.0. The number of rotatable bonds is 3. The average Bonchev–Trinajstić information content (AvgIpc) is 3.32. The van der Waals surface area contributed by atoms with Crippen molar-refractivity contribution < 1.29 is 14.3 Å². The maximum Gasteiger partial charge on any atom is 0.276 e. The van der Waals surface area contributed by atoms with Crippen molar-refractivity contribution in [2.45, 2.75) is 44.4 Å². The van der Waals surface area contributed by atoms with Gasteiger partial charge in [-0.2, -0.15) is 0 Å². The molecule has 0 aromatic heterocycles. The van der Waals surface area contributed by atoms with Gasteiger partial charge in [-0.1, -0.05) is 32.0 Å². The van der Waals surface area contributed by atoms with Crippen LogP contribution in [0.1, 0.15) is 54.1 Å². The molecule has 1 spiro atoms. The Morgan fingerprint density at radius 1 is 1.17 bits per heavy atom. The highest BCUT2D eigenvalue weighted by molar-refractivity contribution is 6.14. The average molecular weight is 391 g/mol. The van der Waals surface area contributed by atoms with E-state index in [2.05, 4.69) is 30.5 Å². The fourth-order valence-corrected chi connectivity index (χ4v) is 4.61. The zero-order valence-electron chi connectivity index (χ0n) is 16.7. The van der Waals surface area contributed by atoms with E-state index in [-0.39, 0.29) is 17.9 Å². The summed E-state index contributed by atoms with van der Waals surface area (Å²) in [6, 6.07) is 13.4. The number of ether oxygens (including phenoxy) is 1. The molecule has 0 bridgehead atoms. The number of fused-ring (bicyclic) bond motifs is 3. The SMILES string of the molecule is CC(C)c1ccc2c(c1)C1(Nc3ccccc3C(=O)N1CC1CCCO1)C(=O)N2. The predicted molar refractivity (Wildman–Crippen MR) is 111 cm³/mol. The molecule has 29 heavy (non-hydrogen) atoms. The Morgan fingerprint density at radius 3 is 2.76 bits per heavy atom. The minimum Gasteiger partial charge on any atom is -0.376 e. The Balaban J connectivity index is 1.69. The van der Waals surface area contributed by atoms with Crippen molar-refractivity contribution in [2.75, 3.05) is 23.8 Å². The number of carbonyl (C=O) groups excluding carboxylic acids is 2. The molecule has 2 N–H and O–H groups in total. The van der Waals surface area contributed by atoms with Crippen molar-refractivity contribution in [3.05, 3.63) is 59.2 Å². The van der Waals surface area contributed by atoms with Gasteiger partial charge >= 0.3 is 0 Å². The van der Waals surface area contributed by atoms with Gasteiger partial charge in [0.05, 0.1) is 18.2 Å². The first-order valence-corrected chi connectivity index (χ1v) is 10.3. The molecule has 3 aliphatic heterocycles. The number of carbonyl (C=O) groups is 2. The Bertz CT molecular complexity index is 997. The molecular weight excluding hydrogens is 366 g/mol. The van der Waals surface area contributed by atoms with Crippen LogP contribution in [0.15, 0.2) is 42.5 Å². The highest BCUT2D eigenvalue weighted by Gasteiger charge is 2.57. The van der Waals surface area contributed by atoms with Crippen LogP contribution < -0.4 is 10.6 Å². The normalized spacial score (nSPS) is 25.2. The second-order valence-corrected chi connectivity index (χ2v) is 8.35. The minimum atomic E-state index is -1.27. The van der Waals surface area contributed by atoms with Gasteiger partial charge in [-0.05, 0) is 48.6 Å². The Hall–Kier alpha value is -2.86. The van der Waals surface area contributed by atoms with Crippen LogP contribution in [0.4, 0.5) is 11.4 Å². The van der Waals surface area contributed by atoms with E-state index in [9.17, 15) is 9.59 Å². The maximum atomic E-state index is 13.6. The fourth-order valence-electron chi connectivity index (χ4n) is 4.61. The van der Waals surface area contributed by atoms with Crippen LogP contribution in [-0.4, -0.2) is 36.0 Å². The standard InChI is InChI=1S/C23H25N3O3/c1-14(2)15-9-10-20-18(12-15)23(22(28)24-20)25-19-8-4-3-7-17(19)21(27)26(23)13-16-6-5-11-29-16/h3-4,7-10,12,14,16,25H,5-6,11,13H2,1-2H3,(H,24,28). The molecule has 2 aromatic rings. The minimum absolute atomic E-state index is 0.0620. The summed E-state index contributed by atoms with van der Waals surface area (Å²) in [6.07, 6.45) is 1.81. The highest BCUT2D eigenvalue weighted by Crippen LogP contribution is 2.46. The quantitative estimate of drug-likeness (QED) is 0.838. The lowest BCUT2D eigenvalue weighted by Crippen LogP contribution is -2.62. The van der Waals surface area contributed by atoms with Gasteiger partial charge in [0.2, 0.25) is 5.66 Å². The number of nitrogens with one attached hydrogen (secondary N) is 2. The molecular formula is C23H25N3O3. The van der Waals surface area contributed by atoms with Crippen LogP contribution in [0.2, 0.25) is 0 Å². The fraction of sp³-hybridized carbons (Fsp3) is 0.391. The highest BCUT2D eigenvalue weighted by atomic mass is 16.5. The molecule has 2 amide bonds. The Kier molecular flexibility index (Phi) is 4.13. The number of amides is 2. The van der Waals surface area contributed by atoms with E-state index in [0.29, 0.717) is 30.3 Å². The van der Waals surface area contributed by atoms with E-state index in [0.717, 1.165) is 29.7 Å². The van der Waals surface area contributed by atoms with Gasteiger partial charge in [0.25, 0.3) is 11.8 Å². The van der Waals surface area contributed by atoms with Gasteiger partial charge in [0.1, 0.15) is 0 Å². The molecule has 150 valence electrons. The van der Waals surface area contributed by atoms with Crippen LogP contribution in [0, 0.1) is 0 Å². The summed E-state index contributed by atoms with van der Waals surface area (Å²) in [4.78, 5) is 28.7. The zero-order chi connectivity index (χ0) is 20.2. The van der Waals surface area contributed by atoms with E-state index < -0.39 is 5.66 Å². The van der Waals surface area contributed by atoms with Gasteiger partial charge in [0.15, 0.2) is 0 Å². The summed E-state index contributed by atoms with van der Waals surface area (Å²) in [6.45, 7) is 5.32. The van der Waals surface area contributed by atoms with Gasteiger partial charge in [0, 0.05) is 23.5 Å². The molecule has 1 fully saturated rings. The third-order valence-corrected chi connectivity index (χ3v) is 6.21. The van der Waals surface area contributed by atoms with E-state index in [1.807, 2.05) is 30.3 Å². The summed E-state index contributed by atoms with van der Waals surface area (Å²) in [5.74, 6) is -0.0618. The topological polar surface area (TPSA) is 70.7 Å². The lowest BCUT2D eigenvalue weighted by Gasteiger charge is -2.45. The zero-order valence-corrected chi connectivity index (χ0v) is 16.7. The summed E-state index contributed by atoms with van der Waals surface area (Å²) in [7, 11) is 0. The van der Waals surface area contributed by atoms with E-state index in [4.69, 9.17) is 4.74 Å².